The van der Waals surface area contributed by atoms with E-state index in [2.05, 4.69) is 10.3 Å². The van der Waals surface area contributed by atoms with E-state index in [1.807, 2.05) is 32.0 Å². The molecule has 19 heavy (non-hydrogen) atoms. The molecule has 0 aliphatic carbocycles. The summed E-state index contributed by atoms with van der Waals surface area (Å²) in [4.78, 5) is 4.37. The van der Waals surface area contributed by atoms with Crippen molar-refractivity contribution >= 4 is 0 Å². The molecule has 0 saturated heterocycles. The molecule has 100 valence electrons. The first-order chi connectivity index (χ1) is 9.06. The SMILES string of the molecule is Cc1cccc(CNC(C)c2ccc(F)c(F)c2)n1. The highest BCUT2D eigenvalue weighted by Gasteiger charge is 2.09. The van der Waals surface area contributed by atoms with Crippen LogP contribution >= 0.6 is 0 Å². The summed E-state index contributed by atoms with van der Waals surface area (Å²) in [7, 11) is 0. The van der Waals surface area contributed by atoms with Gasteiger partial charge in [0.05, 0.1) is 5.69 Å². The topological polar surface area (TPSA) is 24.9 Å². The van der Waals surface area contributed by atoms with E-state index in [4.69, 9.17) is 0 Å². The van der Waals surface area contributed by atoms with Gasteiger partial charge in [-0.1, -0.05) is 12.1 Å². The molecule has 2 nitrogen and oxygen atoms in total. The van der Waals surface area contributed by atoms with Crippen LogP contribution < -0.4 is 5.32 Å². The Morgan fingerprint density at radius 2 is 1.95 bits per heavy atom. The van der Waals surface area contributed by atoms with Crippen molar-refractivity contribution < 1.29 is 8.78 Å². The lowest BCUT2D eigenvalue weighted by atomic mass is 10.1. The lowest BCUT2D eigenvalue weighted by Gasteiger charge is -2.14. The standard InChI is InChI=1S/C15H16F2N2/c1-10-4-3-5-13(19-10)9-18-11(2)12-6-7-14(16)15(17)8-12/h3-8,11,18H,9H2,1-2H3. The van der Waals surface area contributed by atoms with Crippen molar-refractivity contribution in [3.05, 3.63) is 65.0 Å². The van der Waals surface area contributed by atoms with Gasteiger partial charge in [-0.15, -0.1) is 0 Å². The summed E-state index contributed by atoms with van der Waals surface area (Å²) in [6.07, 6.45) is 0. The molecular formula is C15H16F2N2. The molecule has 0 radical (unpaired) electrons. The molecule has 1 aromatic heterocycles. The molecule has 0 amide bonds. The smallest absolute Gasteiger partial charge is 0.159 e. The van der Waals surface area contributed by atoms with Gasteiger partial charge in [0.25, 0.3) is 0 Å². The molecule has 0 aliphatic heterocycles. The number of rotatable bonds is 4. The Labute approximate surface area is 111 Å². The molecule has 2 rings (SSSR count). The second kappa shape index (κ2) is 5.89. The van der Waals surface area contributed by atoms with Crippen LogP contribution in [0.25, 0.3) is 0 Å². The molecule has 0 spiro atoms. The number of nitrogens with zero attached hydrogens (tertiary/aromatic N) is 1. The molecular weight excluding hydrogens is 246 g/mol. The van der Waals surface area contributed by atoms with E-state index in [1.54, 1.807) is 6.07 Å². The van der Waals surface area contributed by atoms with Crippen molar-refractivity contribution in [3.63, 3.8) is 0 Å². The minimum Gasteiger partial charge on any atom is -0.305 e. The summed E-state index contributed by atoms with van der Waals surface area (Å²) in [5.41, 5.74) is 2.60. The third-order valence-corrected chi connectivity index (χ3v) is 2.98. The summed E-state index contributed by atoms with van der Waals surface area (Å²) in [6, 6.07) is 9.68. The van der Waals surface area contributed by atoms with E-state index < -0.39 is 11.6 Å². The van der Waals surface area contributed by atoms with Crippen LogP contribution in [0.3, 0.4) is 0 Å². The van der Waals surface area contributed by atoms with E-state index >= 15 is 0 Å². The maximum Gasteiger partial charge on any atom is 0.159 e. The van der Waals surface area contributed by atoms with Crippen molar-refractivity contribution in [3.8, 4) is 0 Å². The molecule has 4 heteroatoms. The van der Waals surface area contributed by atoms with Crippen LogP contribution in [0.5, 0.6) is 0 Å². The zero-order valence-corrected chi connectivity index (χ0v) is 11.0. The molecule has 1 aromatic carbocycles. The number of halogens is 2. The predicted molar refractivity (Wildman–Crippen MR) is 70.6 cm³/mol. The van der Waals surface area contributed by atoms with E-state index in [9.17, 15) is 8.78 Å². The predicted octanol–water partition coefficient (Wildman–Crippen LogP) is 3.52. The van der Waals surface area contributed by atoms with Crippen LogP contribution in [0.15, 0.2) is 36.4 Å². The molecule has 0 bridgehead atoms. The Morgan fingerprint density at radius 1 is 1.16 bits per heavy atom. The third-order valence-electron chi connectivity index (χ3n) is 2.98. The molecule has 1 unspecified atom stereocenters. The summed E-state index contributed by atoms with van der Waals surface area (Å²) in [6.45, 7) is 4.42. The number of hydrogen-bond acceptors (Lipinski definition) is 2. The number of benzene rings is 1. The Balaban J connectivity index is 2.01. The van der Waals surface area contributed by atoms with E-state index in [0.717, 1.165) is 17.5 Å². The van der Waals surface area contributed by atoms with Crippen molar-refractivity contribution in [2.75, 3.05) is 0 Å². The molecule has 1 N–H and O–H groups in total. The third kappa shape index (κ3) is 3.58. The van der Waals surface area contributed by atoms with Crippen LogP contribution in [0, 0.1) is 18.6 Å². The quantitative estimate of drug-likeness (QED) is 0.912. The average molecular weight is 262 g/mol. The van der Waals surface area contributed by atoms with Gasteiger partial charge in [-0.05, 0) is 43.7 Å². The van der Waals surface area contributed by atoms with Crippen molar-refractivity contribution in [2.45, 2.75) is 26.4 Å². The van der Waals surface area contributed by atoms with Gasteiger partial charge in [-0.3, -0.25) is 4.98 Å². The molecule has 0 saturated carbocycles. The van der Waals surface area contributed by atoms with Crippen LogP contribution in [0.4, 0.5) is 8.78 Å². The van der Waals surface area contributed by atoms with Gasteiger partial charge in [0.1, 0.15) is 0 Å². The molecule has 0 aliphatic rings. The molecule has 1 atom stereocenters. The van der Waals surface area contributed by atoms with Gasteiger partial charge in [0.2, 0.25) is 0 Å². The van der Waals surface area contributed by atoms with Crippen LogP contribution in [-0.4, -0.2) is 4.98 Å². The summed E-state index contributed by atoms with van der Waals surface area (Å²) >= 11 is 0. The minimum atomic E-state index is -0.823. The minimum absolute atomic E-state index is 0.0718. The first-order valence-electron chi connectivity index (χ1n) is 6.17. The van der Waals surface area contributed by atoms with Crippen molar-refractivity contribution in [2.24, 2.45) is 0 Å². The highest BCUT2D eigenvalue weighted by Crippen LogP contribution is 2.16. The second-order valence-corrected chi connectivity index (χ2v) is 4.55. The van der Waals surface area contributed by atoms with Gasteiger partial charge < -0.3 is 5.32 Å². The Hall–Kier alpha value is -1.81. The maximum atomic E-state index is 13.1. The monoisotopic (exact) mass is 262 g/mol. The van der Waals surface area contributed by atoms with E-state index in [1.165, 1.54) is 6.07 Å². The fraction of sp³-hybridized carbons (Fsp3) is 0.267. The largest absolute Gasteiger partial charge is 0.305 e. The molecule has 2 aromatic rings. The fourth-order valence-electron chi connectivity index (χ4n) is 1.86. The van der Waals surface area contributed by atoms with Gasteiger partial charge in [0, 0.05) is 18.3 Å². The summed E-state index contributed by atoms with van der Waals surface area (Å²) in [5.74, 6) is -1.64. The average Bonchev–Trinajstić information content (AvgIpc) is 2.39. The first-order valence-corrected chi connectivity index (χ1v) is 6.17. The lowest BCUT2D eigenvalue weighted by Crippen LogP contribution is -2.19. The Morgan fingerprint density at radius 3 is 2.63 bits per heavy atom. The van der Waals surface area contributed by atoms with E-state index in [0.29, 0.717) is 12.1 Å². The lowest BCUT2D eigenvalue weighted by molar-refractivity contribution is 0.500. The van der Waals surface area contributed by atoms with Gasteiger partial charge >= 0.3 is 0 Å². The number of aryl methyl sites for hydroxylation is 1. The Kier molecular flexibility index (Phi) is 4.22. The highest BCUT2D eigenvalue weighted by atomic mass is 19.2. The number of hydrogen-bond donors (Lipinski definition) is 1. The van der Waals surface area contributed by atoms with E-state index in [-0.39, 0.29) is 6.04 Å². The fourth-order valence-corrected chi connectivity index (χ4v) is 1.86. The number of aromatic nitrogens is 1. The first kappa shape index (κ1) is 13.6. The van der Waals surface area contributed by atoms with Gasteiger partial charge in [0.15, 0.2) is 11.6 Å². The highest BCUT2D eigenvalue weighted by molar-refractivity contribution is 5.21. The van der Waals surface area contributed by atoms with Crippen molar-refractivity contribution in [1.29, 1.82) is 0 Å². The van der Waals surface area contributed by atoms with Crippen LogP contribution in [0.2, 0.25) is 0 Å². The molecule has 0 fully saturated rings. The van der Waals surface area contributed by atoms with Crippen LogP contribution in [-0.2, 0) is 6.54 Å². The normalized spacial score (nSPS) is 12.4. The zero-order valence-electron chi connectivity index (χ0n) is 11.0. The van der Waals surface area contributed by atoms with Gasteiger partial charge in [-0.25, -0.2) is 8.78 Å². The second-order valence-electron chi connectivity index (χ2n) is 4.55. The zero-order chi connectivity index (χ0) is 13.8. The summed E-state index contributed by atoms with van der Waals surface area (Å²) < 4.78 is 26.0. The van der Waals surface area contributed by atoms with Crippen LogP contribution in [0.1, 0.15) is 29.9 Å². The molecule has 1 heterocycles. The van der Waals surface area contributed by atoms with Crippen molar-refractivity contribution in [1.82, 2.24) is 10.3 Å². The number of pyridine rings is 1. The Bertz CT molecular complexity index is 570. The summed E-state index contributed by atoms with van der Waals surface area (Å²) in [5, 5.41) is 3.24. The number of nitrogens with one attached hydrogen (secondary N) is 1. The van der Waals surface area contributed by atoms with Gasteiger partial charge in [-0.2, -0.15) is 0 Å². The maximum absolute atomic E-state index is 13.1.